The van der Waals surface area contributed by atoms with Crippen molar-refractivity contribution in [1.29, 1.82) is 0 Å². The molecular weight excluding hydrogens is 368 g/mol. The predicted octanol–water partition coefficient (Wildman–Crippen LogP) is 1.92. The number of piperidine rings is 1. The number of ketones is 1. The van der Waals surface area contributed by atoms with Crippen molar-refractivity contribution < 1.29 is 19.1 Å². The molecule has 1 saturated carbocycles. The van der Waals surface area contributed by atoms with Crippen LogP contribution in [0.1, 0.15) is 24.8 Å². The van der Waals surface area contributed by atoms with Crippen LogP contribution < -0.4 is 9.64 Å². The highest BCUT2D eigenvalue weighted by Crippen LogP contribution is 2.60. The fourth-order valence-corrected chi connectivity index (χ4v) is 6.80. The van der Waals surface area contributed by atoms with Gasteiger partial charge in [0.1, 0.15) is 11.5 Å². The summed E-state index contributed by atoms with van der Waals surface area (Å²) in [6, 6.07) is 5.74. The van der Waals surface area contributed by atoms with E-state index in [0.29, 0.717) is 19.4 Å². The molecule has 6 nitrogen and oxygen atoms in total. The molecule has 1 aromatic rings. The number of hydrogen-bond acceptors (Lipinski definition) is 5. The molecule has 4 bridgehead atoms. The van der Waals surface area contributed by atoms with Gasteiger partial charge in [0.2, 0.25) is 5.91 Å². The van der Waals surface area contributed by atoms with E-state index < -0.39 is 5.41 Å². The quantitative estimate of drug-likeness (QED) is 0.681. The van der Waals surface area contributed by atoms with E-state index in [0.717, 1.165) is 36.5 Å². The maximum absolute atomic E-state index is 13.9. The Hall–Kier alpha value is -2.18. The first-order valence-corrected chi connectivity index (χ1v) is 10.6. The predicted molar refractivity (Wildman–Crippen MR) is 107 cm³/mol. The van der Waals surface area contributed by atoms with E-state index in [1.807, 2.05) is 23.1 Å². The number of methoxy groups -OCH3 is 1. The van der Waals surface area contributed by atoms with E-state index in [9.17, 15) is 9.59 Å². The third-order valence-corrected chi connectivity index (χ3v) is 8.01. The van der Waals surface area contributed by atoms with Crippen LogP contribution >= 0.6 is 0 Å². The highest BCUT2D eigenvalue weighted by atomic mass is 16.5. The number of rotatable bonds is 1. The maximum atomic E-state index is 13.9. The Morgan fingerprint density at radius 3 is 2.93 bits per heavy atom. The Kier molecular flexibility index (Phi) is 3.61. The summed E-state index contributed by atoms with van der Waals surface area (Å²) in [6.45, 7) is 2.23. The summed E-state index contributed by atoms with van der Waals surface area (Å²) in [7, 11) is 3.77. The van der Waals surface area contributed by atoms with Crippen molar-refractivity contribution in [3.63, 3.8) is 0 Å². The van der Waals surface area contributed by atoms with E-state index in [1.165, 1.54) is 5.57 Å². The Balaban J connectivity index is 1.64. The number of benzene rings is 1. The van der Waals surface area contributed by atoms with Gasteiger partial charge in [0.05, 0.1) is 43.4 Å². The first kappa shape index (κ1) is 17.7. The average Bonchev–Trinajstić information content (AvgIpc) is 2.95. The van der Waals surface area contributed by atoms with Gasteiger partial charge in [0.25, 0.3) is 0 Å². The van der Waals surface area contributed by atoms with Crippen LogP contribution in [0.5, 0.6) is 5.75 Å². The summed E-state index contributed by atoms with van der Waals surface area (Å²) >= 11 is 0. The number of ether oxygens (including phenoxy) is 2. The summed E-state index contributed by atoms with van der Waals surface area (Å²) in [4.78, 5) is 31.5. The Morgan fingerprint density at radius 2 is 2.10 bits per heavy atom. The highest BCUT2D eigenvalue weighted by molar-refractivity contribution is 6.06. The summed E-state index contributed by atoms with van der Waals surface area (Å²) in [5, 5.41) is 0. The number of amides is 1. The third kappa shape index (κ3) is 2.14. The zero-order valence-electron chi connectivity index (χ0n) is 16.9. The van der Waals surface area contributed by atoms with Gasteiger partial charge in [-0.25, -0.2) is 0 Å². The summed E-state index contributed by atoms with van der Waals surface area (Å²) < 4.78 is 11.7. The van der Waals surface area contributed by atoms with Gasteiger partial charge < -0.3 is 19.3 Å². The zero-order chi connectivity index (χ0) is 19.9. The number of hydrogen-bond donors (Lipinski definition) is 0. The molecule has 5 aliphatic heterocycles. The fraction of sp³-hybridized carbons (Fsp3) is 0.565. The minimum atomic E-state index is -0.644. The molecular formula is C23H26N2O4. The van der Waals surface area contributed by atoms with Crippen molar-refractivity contribution in [1.82, 2.24) is 4.90 Å². The number of Topliss-reactive ketones (excluding diaryl/α,β-unsaturated/α-hetero) is 1. The molecule has 1 spiro atoms. The van der Waals surface area contributed by atoms with Gasteiger partial charge in [-0.3, -0.25) is 9.59 Å². The molecule has 0 unspecified atom stereocenters. The second-order valence-electron chi connectivity index (χ2n) is 9.22. The van der Waals surface area contributed by atoms with E-state index >= 15 is 0 Å². The van der Waals surface area contributed by atoms with Gasteiger partial charge in [-0.2, -0.15) is 0 Å². The number of nitrogens with zero attached hydrogens (tertiary/aromatic N) is 2. The Bertz CT molecular complexity index is 956. The van der Waals surface area contributed by atoms with E-state index in [1.54, 1.807) is 7.11 Å². The van der Waals surface area contributed by atoms with Crippen LogP contribution in [-0.2, 0) is 19.7 Å². The molecule has 1 aliphatic carbocycles. The smallest absolute Gasteiger partial charge is 0.229 e. The summed E-state index contributed by atoms with van der Waals surface area (Å²) in [6.07, 6.45) is 3.73. The lowest BCUT2D eigenvalue weighted by Gasteiger charge is -2.53. The van der Waals surface area contributed by atoms with Gasteiger partial charge in [0.15, 0.2) is 0 Å². The first-order chi connectivity index (χ1) is 14.0. The molecule has 0 radical (unpaired) electrons. The molecule has 5 heterocycles. The van der Waals surface area contributed by atoms with Crippen molar-refractivity contribution >= 4 is 17.4 Å². The van der Waals surface area contributed by atoms with Crippen LogP contribution in [0.25, 0.3) is 0 Å². The molecule has 152 valence electrons. The zero-order valence-corrected chi connectivity index (χ0v) is 16.9. The van der Waals surface area contributed by atoms with Crippen molar-refractivity contribution in [3.8, 4) is 5.75 Å². The normalized spacial score (nSPS) is 38.0. The van der Waals surface area contributed by atoms with E-state index in [2.05, 4.69) is 18.0 Å². The van der Waals surface area contributed by atoms with Crippen molar-refractivity contribution in [3.05, 3.63) is 35.4 Å². The summed E-state index contributed by atoms with van der Waals surface area (Å²) in [5.41, 5.74) is 2.54. The lowest BCUT2D eigenvalue weighted by Crippen LogP contribution is -2.66. The average molecular weight is 394 g/mol. The molecule has 3 saturated heterocycles. The van der Waals surface area contributed by atoms with Crippen LogP contribution in [0, 0.1) is 11.8 Å². The summed E-state index contributed by atoms with van der Waals surface area (Å²) in [5.74, 6) is 1.38. The number of carbonyl (C=O) groups is 2. The Morgan fingerprint density at radius 1 is 1.24 bits per heavy atom. The van der Waals surface area contributed by atoms with Crippen LogP contribution in [-0.4, -0.2) is 62.6 Å². The monoisotopic (exact) mass is 394 g/mol. The van der Waals surface area contributed by atoms with Crippen molar-refractivity contribution in [2.45, 2.75) is 36.8 Å². The molecule has 5 atom stereocenters. The van der Waals surface area contributed by atoms with Crippen LogP contribution in [0.2, 0.25) is 0 Å². The van der Waals surface area contributed by atoms with Gasteiger partial charge in [-0.1, -0.05) is 17.7 Å². The number of anilines is 1. The van der Waals surface area contributed by atoms with Crippen LogP contribution in [0.3, 0.4) is 0 Å². The maximum Gasteiger partial charge on any atom is 0.229 e. The van der Waals surface area contributed by atoms with Crippen molar-refractivity contribution in [2.24, 2.45) is 11.8 Å². The number of carbonyl (C=O) groups excluding carboxylic acids is 2. The second-order valence-corrected chi connectivity index (χ2v) is 9.22. The van der Waals surface area contributed by atoms with Gasteiger partial charge in [-0.15, -0.1) is 0 Å². The van der Waals surface area contributed by atoms with Gasteiger partial charge >= 0.3 is 0 Å². The molecule has 29 heavy (non-hydrogen) atoms. The molecule has 6 heteroatoms. The molecule has 6 aliphatic rings. The first-order valence-electron chi connectivity index (χ1n) is 10.6. The van der Waals surface area contributed by atoms with Crippen LogP contribution in [0.15, 0.2) is 29.8 Å². The molecule has 0 aromatic heterocycles. The SMILES string of the molecule is COc1ccc2c(c1)N1C(=O)C[C@@H]3OCC=C4CN(C)CC[C@@]25C(=O)C[C@H]4[C@@H]3[C@H]15. The minimum absolute atomic E-state index is 0.0668. The Labute approximate surface area is 170 Å². The highest BCUT2D eigenvalue weighted by Gasteiger charge is 2.67. The molecule has 1 amide bonds. The lowest BCUT2D eigenvalue weighted by atomic mass is 9.55. The van der Waals surface area contributed by atoms with E-state index in [4.69, 9.17) is 9.47 Å². The van der Waals surface area contributed by atoms with E-state index in [-0.39, 0.29) is 35.7 Å². The molecule has 1 aromatic carbocycles. The largest absolute Gasteiger partial charge is 0.497 e. The van der Waals surface area contributed by atoms with Crippen LogP contribution in [0.4, 0.5) is 5.69 Å². The minimum Gasteiger partial charge on any atom is -0.497 e. The topological polar surface area (TPSA) is 59.1 Å². The third-order valence-electron chi connectivity index (χ3n) is 8.01. The molecule has 4 fully saturated rings. The number of likely N-dealkylation sites (N-methyl/N-ethyl adjacent to an activating group) is 1. The lowest BCUT2D eigenvalue weighted by molar-refractivity contribution is -0.140. The van der Waals surface area contributed by atoms with Gasteiger partial charge in [0, 0.05) is 24.9 Å². The second kappa shape index (κ2) is 5.92. The van der Waals surface area contributed by atoms with Crippen molar-refractivity contribution in [2.75, 3.05) is 38.8 Å². The van der Waals surface area contributed by atoms with Gasteiger partial charge in [-0.05, 0) is 37.6 Å². The number of fused-ring (bicyclic) bond motifs is 6. The molecule has 0 N–H and O–H groups in total. The molecule has 7 rings (SSSR count). The fourth-order valence-electron chi connectivity index (χ4n) is 6.80. The standard InChI is InChI=1S/C23H26N2O4/c1-24-7-6-23-16-4-3-14(28-2)9-17(16)25-20(27)11-18-21(22(23)25)15(10-19(23)26)13(12-24)5-8-29-18/h3-5,9,15,18,21-22H,6-8,10-12H2,1-2H3/t15-,18+,21+,22+,23+/m1/s1.